The number of hydrogen-bond donors (Lipinski definition) is 7. The van der Waals surface area contributed by atoms with Crippen molar-refractivity contribution in [2.24, 2.45) is 16.5 Å². The molecule has 0 fully saturated rings. The van der Waals surface area contributed by atoms with E-state index < -0.39 is 53.9 Å². The molecule has 0 saturated carbocycles. The Kier molecular flexibility index (Phi) is 13.2. The van der Waals surface area contributed by atoms with E-state index >= 15 is 0 Å². The van der Waals surface area contributed by atoms with Gasteiger partial charge in [0.1, 0.15) is 24.4 Å². The highest BCUT2D eigenvalue weighted by molar-refractivity contribution is 5.94. The Bertz CT molecular complexity index is 694. The van der Waals surface area contributed by atoms with Crippen molar-refractivity contribution in [2.45, 2.75) is 77.2 Å². The Morgan fingerprint density at radius 3 is 2.09 bits per heavy atom. The average molecular weight is 458 g/mol. The fraction of sp³-hybridized carbons (Fsp3) is 0.684. The molecule has 0 aliphatic rings. The first-order chi connectivity index (χ1) is 14.9. The quantitative estimate of drug-likeness (QED) is 0.0615. The summed E-state index contributed by atoms with van der Waals surface area (Å²) in [5.74, 6) is -2.65. The van der Waals surface area contributed by atoms with Crippen LogP contribution in [0.4, 0.5) is 0 Å². The number of carbonyl (C=O) groups is 5. The maximum absolute atomic E-state index is 12.8. The lowest BCUT2D eigenvalue weighted by Gasteiger charge is -2.26. The van der Waals surface area contributed by atoms with E-state index in [0.29, 0.717) is 19.1 Å². The largest absolute Gasteiger partial charge is 0.391 e. The van der Waals surface area contributed by atoms with E-state index in [1.807, 2.05) is 0 Å². The van der Waals surface area contributed by atoms with Crippen LogP contribution in [0, 0.1) is 0 Å². The zero-order valence-electron chi connectivity index (χ0n) is 18.9. The van der Waals surface area contributed by atoms with Gasteiger partial charge in [0.15, 0.2) is 5.96 Å². The monoisotopic (exact) mass is 457 g/mol. The van der Waals surface area contributed by atoms with Crippen LogP contribution >= 0.6 is 0 Å². The molecule has 32 heavy (non-hydrogen) atoms. The van der Waals surface area contributed by atoms with Gasteiger partial charge in [0.25, 0.3) is 0 Å². The minimum absolute atomic E-state index is 0.112. The van der Waals surface area contributed by atoms with Gasteiger partial charge in [-0.25, -0.2) is 0 Å². The predicted octanol–water partition coefficient (Wildman–Crippen LogP) is -2.99. The molecule has 0 bridgehead atoms. The Morgan fingerprint density at radius 1 is 1.00 bits per heavy atom. The second kappa shape index (κ2) is 14.7. The molecular weight excluding hydrogens is 422 g/mol. The predicted molar refractivity (Wildman–Crippen MR) is 117 cm³/mol. The molecular formula is C19H35N7O6. The van der Waals surface area contributed by atoms with E-state index in [9.17, 15) is 29.1 Å². The van der Waals surface area contributed by atoms with Gasteiger partial charge in [-0.05, 0) is 33.1 Å². The van der Waals surface area contributed by atoms with Crippen molar-refractivity contribution in [1.82, 2.24) is 21.3 Å². The Hall–Kier alpha value is -3.22. The second-order valence-electron chi connectivity index (χ2n) is 7.32. The first kappa shape index (κ1) is 28.8. The number of hydrogen-bond acceptors (Lipinski definition) is 7. The topological polar surface area (TPSA) is 218 Å². The summed E-state index contributed by atoms with van der Waals surface area (Å²) in [5, 5.41) is 19.7. The number of amides is 4. The third-order valence-electron chi connectivity index (χ3n) is 4.39. The number of aliphatic hydroxyl groups is 1. The van der Waals surface area contributed by atoms with Crippen LogP contribution in [0.1, 0.15) is 47.0 Å². The van der Waals surface area contributed by atoms with Crippen molar-refractivity contribution >= 4 is 35.9 Å². The average Bonchev–Trinajstić information content (AvgIpc) is 2.70. The number of aliphatic hydroxyl groups excluding tert-OH is 1. The lowest BCUT2D eigenvalue weighted by Crippen LogP contribution is -2.59. The van der Waals surface area contributed by atoms with Gasteiger partial charge in [0, 0.05) is 13.5 Å². The number of nitrogens with one attached hydrogen (secondary N) is 4. The number of aliphatic imine (C=N–C) groups is 1. The lowest BCUT2D eigenvalue weighted by atomic mass is 10.1. The molecule has 0 radical (unpaired) electrons. The van der Waals surface area contributed by atoms with Crippen LogP contribution in [0.25, 0.3) is 0 Å². The molecule has 13 heteroatoms. The highest BCUT2D eigenvalue weighted by Crippen LogP contribution is 2.03. The van der Waals surface area contributed by atoms with Crippen LogP contribution in [0.5, 0.6) is 0 Å². The van der Waals surface area contributed by atoms with Gasteiger partial charge < -0.3 is 42.6 Å². The summed E-state index contributed by atoms with van der Waals surface area (Å²) in [6.07, 6.45) is 0.0369. The van der Waals surface area contributed by atoms with Gasteiger partial charge in [-0.3, -0.25) is 24.2 Å². The van der Waals surface area contributed by atoms with Crippen LogP contribution < -0.4 is 32.7 Å². The number of guanidine groups is 1. The van der Waals surface area contributed by atoms with E-state index in [-0.39, 0.29) is 18.9 Å². The van der Waals surface area contributed by atoms with Gasteiger partial charge in [0.05, 0.1) is 12.1 Å². The Balaban J connectivity index is 5.40. The molecule has 0 aliphatic carbocycles. The van der Waals surface area contributed by atoms with Crippen LogP contribution in [0.15, 0.2) is 4.99 Å². The fourth-order valence-corrected chi connectivity index (χ4v) is 2.60. The molecule has 0 aromatic carbocycles. The number of aldehydes is 1. The molecule has 0 aromatic rings. The SMILES string of the molecule is CC[C@@H](C=O)NC(=O)[C@@H](NC(=O)[C@H](CCCN=C(N)N)NC(=O)[C@H](C)NC(C)=O)[C@@H](C)O. The van der Waals surface area contributed by atoms with Crippen LogP contribution in [0.2, 0.25) is 0 Å². The maximum Gasteiger partial charge on any atom is 0.245 e. The smallest absolute Gasteiger partial charge is 0.245 e. The number of rotatable bonds is 14. The fourth-order valence-electron chi connectivity index (χ4n) is 2.60. The Labute approximate surface area is 187 Å². The molecule has 13 nitrogen and oxygen atoms in total. The molecule has 4 amide bonds. The molecule has 9 N–H and O–H groups in total. The van der Waals surface area contributed by atoms with E-state index in [1.54, 1.807) is 6.92 Å². The number of nitrogens with two attached hydrogens (primary N) is 2. The summed E-state index contributed by atoms with van der Waals surface area (Å²) in [4.78, 5) is 63.6. The molecule has 0 aliphatic heterocycles. The number of nitrogens with zero attached hydrogens (tertiary/aromatic N) is 1. The van der Waals surface area contributed by atoms with Crippen LogP contribution in [-0.4, -0.2) is 77.8 Å². The summed E-state index contributed by atoms with van der Waals surface area (Å²) in [6.45, 7) is 5.88. The molecule has 0 heterocycles. The normalized spacial score (nSPS) is 15.2. The van der Waals surface area contributed by atoms with Crippen LogP contribution in [-0.2, 0) is 24.0 Å². The summed E-state index contributed by atoms with van der Waals surface area (Å²) in [6, 6.07) is -4.14. The van der Waals surface area contributed by atoms with Crippen molar-refractivity contribution < 1.29 is 29.1 Å². The van der Waals surface area contributed by atoms with Gasteiger partial charge in [-0.1, -0.05) is 6.92 Å². The zero-order chi connectivity index (χ0) is 24.8. The van der Waals surface area contributed by atoms with E-state index in [1.165, 1.54) is 20.8 Å². The van der Waals surface area contributed by atoms with Crippen molar-refractivity contribution in [3.05, 3.63) is 0 Å². The third-order valence-corrected chi connectivity index (χ3v) is 4.39. The molecule has 0 aromatic heterocycles. The van der Waals surface area contributed by atoms with Crippen molar-refractivity contribution in [1.29, 1.82) is 0 Å². The molecule has 0 saturated heterocycles. The molecule has 5 atom stereocenters. The molecule has 0 spiro atoms. The Morgan fingerprint density at radius 2 is 1.62 bits per heavy atom. The highest BCUT2D eigenvalue weighted by atomic mass is 16.3. The summed E-state index contributed by atoms with van der Waals surface area (Å²) >= 11 is 0. The van der Waals surface area contributed by atoms with Crippen molar-refractivity contribution in [3.63, 3.8) is 0 Å². The van der Waals surface area contributed by atoms with E-state index in [0.717, 1.165) is 0 Å². The van der Waals surface area contributed by atoms with Crippen molar-refractivity contribution in [2.75, 3.05) is 6.54 Å². The zero-order valence-corrected chi connectivity index (χ0v) is 18.9. The van der Waals surface area contributed by atoms with Gasteiger partial charge in [0.2, 0.25) is 23.6 Å². The lowest BCUT2D eigenvalue weighted by molar-refractivity contribution is -0.135. The maximum atomic E-state index is 12.8. The first-order valence-electron chi connectivity index (χ1n) is 10.3. The highest BCUT2D eigenvalue weighted by Gasteiger charge is 2.31. The standard InChI is InChI=1S/C19H35N7O6/c1-5-13(9-27)24-18(32)15(11(3)28)26-17(31)14(7-6-8-22-19(20)21)25-16(30)10(2)23-12(4)29/h9-11,13-15,28H,5-8H2,1-4H3,(H,23,29)(H,24,32)(H,25,30)(H,26,31)(H4,20,21,22)/t10-,11+,13-,14-,15-/m0/s1. The minimum Gasteiger partial charge on any atom is -0.391 e. The molecule has 0 unspecified atom stereocenters. The van der Waals surface area contributed by atoms with Gasteiger partial charge in [-0.2, -0.15) is 0 Å². The first-order valence-corrected chi connectivity index (χ1v) is 10.3. The van der Waals surface area contributed by atoms with Crippen LogP contribution in [0.3, 0.4) is 0 Å². The van der Waals surface area contributed by atoms with Gasteiger partial charge >= 0.3 is 0 Å². The second-order valence-corrected chi connectivity index (χ2v) is 7.32. The molecule has 0 rings (SSSR count). The van der Waals surface area contributed by atoms with E-state index in [4.69, 9.17) is 11.5 Å². The van der Waals surface area contributed by atoms with Crippen molar-refractivity contribution in [3.8, 4) is 0 Å². The number of carbonyl (C=O) groups excluding carboxylic acids is 5. The third kappa shape index (κ3) is 11.2. The van der Waals surface area contributed by atoms with E-state index in [2.05, 4.69) is 26.3 Å². The minimum atomic E-state index is -1.36. The summed E-state index contributed by atoms with van der Waals surface area (Å²) in [7, 11) is 0. The molecule has 182 valence electrons. The summed E-state index contributed by atoms with van der Waals surface area (Å²) in [5.41, 5.74) is 10.5. The van der Waals surface area contributed by atoms with Gasteiger partial charge in [-0.15, -0.1) is 0 Å². The summed E-state index contributed by atoms with van der Waals surface area (Å²) < 4.78 is 0.